The van der Waals surface area contributed by atoms with Gasteiger partial charge < -0.3 is 9.55 Å². The lowest BCUT2D eigenvalue weighted by Crippen LogP contribution is -1.93. The van der Waals surface area contributed by atoms with Gasteiger partial charge >= 0.3 is 0 Å². The van der Waals surface area contributed by atoms with E-state index in [1.165, 1.54) is 60.1 Å². The summed E-state index contributed by atoms with van der Waals surface area (Å²) in [5, 5.41) is 7.73. The van der Waals surface area contributed by atoms with Gasteiger partial charge in [0, 0.05) is 43.7 Å². The van der Waals surface area contributed by atoms with Gasteiger partial charge in [0.05, 0.1) is 11.0 Å². The summed E-state index contributed by atoms with van der Waals surface area (Å²) in [5.41, 5.74) is 6.07. The molecule has 1 N–H and O–H groups in total. The zero-order valence-corrected chi connectivity index (χ0v) is 16.3. The molecule has 0 aliphatic carbocycles. The van der Waals surface area contributed by atoms with Crippen LogP contribution in [-0.2, 0) is 0 Å². The number of nitrogens with one attached hydrogen (secondary N) is 1. The average Bonchev–Trinajstić information content (AvgIpc) is 3.35. The summed E-state index contributed by atoms with van der Waals surface area (Å²) >= 11 is 0. The summed E-state index contributed by atoms with van der Waals surface area (Å²) in [4.78, 5) is 3.58. The number of nitrogens with zero attached hydrogens (tertiary/aromatic N) is 1. The summed E-state index contributed by atoms with van der Waals surface area (Å²) in [6.45, 7) is 0. The van der Waals surface area contributed by atoms with Crippen LogP contribution in [0.3, 0.4) is 0 Å². The Labute approximate surface area is 173 Å². The van der Waals surface area contributed by atoms with Gasteiger partial charge in [-0.1, -0.05) is 72.8 Å². The van der Waals surface area contributed by atoms with Gasteiger partial charge in [0.1, 0.15) is 0 Å². The van der Waals surface area contributed by atoms with E-state index in [0.29, 0.717) is 0 Å². The van der Waals surface area contributed by atoms with Gasteiger partial charge in [-0.05, 0) is 35.7 Å². The molecule has 0 unspecified atom stereocenters. The average molecular weight is 382 g/mol. The molecule has 0 fully saturated rings. The molecule has 0 radical (unpaired) electrons. The predicted octanol–water partition coefficient (Wildman–Crippen LogP) is 7.57. The zero-order chi connectivity index (χ0) is 19.7. The van der Waals surface area contributed by atoms with Crippen molar-refractivity contribution in [3.63, 3.8) is 0 Å². The smallest absolute Gasteiger partial charge is 0.0619 e. The molecule has 140 valence electrons. The molecule has 5 aromatic carbocycles. The molecular formula is C28H18N2. The highest BCUT2D eigenvalue weighted by Crippen LogP contribution is 2.40. The van der Waals surface area contributed by atoms with Crippen LogP contribution in [0.5, 0.6) is 0 Å². The molecule has 7 aromatic rings. The van der Waals surface area contributed by atoms with Crippen LogP contribution in [0.4, 0.5) is 0 Å². The molecule has 7 rings (SSSR count). The van der Waals surface area contributed by atoms with Crippen molar-refractivity contribution in [2.75, 3.05) is 0 Å². The summed E-state index contributed by atoms with van der Waals surface area (Å²) in [6.07, 6.45) is 0. The van der Waals surface area contributed by atoms with Crippen molar-refractivity contribution in [3.8, 4) is 5.69 Å². The number of aromatic nitrogens is 2. The van der Waals surface area contributed by atoms with E-state index in [0.717, 1.165) is 0 Å². The first-order chi connectivity index (χ1) is 14.9. The van der Waals surface area contributed by atoms with E-state index in [1.807, 2.05) is 0 Å². The van der Waals surface area contributed by atoms with E-state index in [2.05, 4.69) is 113 Å². The molecule has 0 atom stereocenters. The van der Waals surface area contributed by atoms with Crippen LogP contribution < -0.4 is 0 Å². The fourth-order valence-electron chi connectivity index (χ4n) is 5.06. The van der Waals surface area contributed by atoms with Crippen LogP contribution in [0.15, 0.2) is 103 Å². The van der Waals surface area contributed by atoms with E-state index in [9.17, 15) is 0 Å². The van der Waals surface area contributed by atoms with E-state index in [4.69, 9.17) is 0 Å². The first kappa shape index (κ1) is 15.8. The van der Waals surface area contributed by atoms with Crippen molar-refractivity contribution < 1.29 is 0 Å². The Hall–Kier alpha value is -4.04. The molecule has 0 bridgehead atoms. The first-order valence-corrected chi connectivity index (χ1v) is 10.3. The van der Waals surface area contributed by atoms with Gasteiger partial charge in [0.15, 0.2) is 0 Å². The van der Waals surface area contributed by atoms with Crippen molar-refractivity contribution in [2.45, 2.75) is 0 Å². The minimum absolute atomic E-state index is 1.18. The maximum absolute atomic E-state index is 3.58. The second-order valence-electron chi connectivity index (χ2n) is 7.90. The number of hydrogen-bond acceptors (Lipinski definition) is 0. The normalized spacial score (nSPS) is 12.0. The fraction of sp³-hybridized carbons (Fsp3) is 0. The highest BCUT2D eigenvalue weighted by atomic mass is 15.0. The topological polar surface area (TPSA) is 20.7 Å². The Morgan fingerprint density at radius 3 is 2.03 bits per heavy atom. The van der Waals surface area contributed by atoms with E-state index in [1.54, 1.807) is 0 Å². The molecule has 30 heavy (non-hydrogen) atoms. The lowest BCUT2D eigenvalue weighted by atomic mass is 10.0. The molecule has 2 aromatic heterocycles. The molecule has 0 aliphatic heterocycles. The number of rotatable bonds is 1. The van der Waals surface area contributed by atoms with Gasteiger partial charge in [0.2, 0.25) is 0 Å². The number of fused-ring (bicyclic) bond motifs is 9. The van der Waals surface area contributed by atoms with Crippen LogP contribution in [-0.4, -0.2) is 9.55 Å². The summed E-state index contributed by atoms with van der Waals surface area (Å²) in [5.74, 6) is 0. The largest absolute Gasteiger partial charge is 0.354 e. The van der Waals surface area contributed by atoms with Crippen LogP contribution in [0.1, 0.15) is 0 Å². The third kappa shape index (κ3) is 1.98. The van der Waals surface area contributed by atoms with Crippen LogP contribution in [0.2, 0.25) is 0 Å². The minimum atomic E-state index is 1.18. The molecule has 2 heteroatoms. The Bertz CT molecular complexity index is 1730. The summed E-state index contributed by atoms with van der Waals surface area (Å²) in [7, 11) is 0. The highest BCUT2D eigenvalue weighted by molar-refractivity contribution is 6.27. The monoisotopic (exact) mass is 382 g/mol. The Balaban J connectivity index is 1.76. The number of hydrogen-bond donors (Lipinski definition) is 1. The maximum Gasteiger partial charge on any atom is 0.0619 e. The Kier molecular flexibility index (Phi) is 3.03. The second kappa shape index (κ2) is 5.74. The second-order valence-corrected chi connectivity index (χ2v) is 7.90. The van der Waals surface area contributed by atoms with Crippen LogP contribution in [0.25, 0.3) is 60.1 Å². The van der Waals surface area contributed by atoms with Gasteiger partial charge in [-0.15, -0.1) is 0 Å². The third-order valence-electron chi connectivity index (χ3n) is 6.31. The van der Waals surface area contributed by atoms with E-state index < -0.39 is 0 Å². The van der Waals surface area contributed by atoms with Gasteiger partial charge in [0.25, 0.3) is 0 Å². The number of H-pyrrole nitrogens is 1. The SMILES string of the molecule is c1ccc(-n2c3ccccc3c3ccc4c(ccc5[nH]c6ccccc6c54)c32)cc1. The Morgan fingerprint density at radius 1 is 0.467 bits per heavy atom. The molecule has 2 heterocycles. The Morgan fingerprint density at radius 2 is 1.13 bits per heavy atom. The number of para-hydroxylation sites is 3. The van der Waals surface area contributed by atoms with Gasteiger partial charge in [-0.3, -0.25) is 0 Å². The highest BCUT2D eigenvalue weighted by Gasteiger charge is 2.16. The van der Waals surface area contributed by atoms with E-state index >= 15 is 0 Å². The van der Waals surface area contributed by atoms with Gasteiger partial charge in [-0.25, -0.2) is 0 Å². The molecule has 2 nitrogen and oxygen atoms in total. The first-order valence-electron chi connectivity index (χ1n) is 10.3. The third-order valence-corrected chi connectivity index (χ3v) is 6.31. The lowest BCUT2D eigenvalue weighted by molar-refractivity contribution is 1.19. The van der Waals surface area contributed by atoms with Crippen LogP contribution >= 0.6 is 0 Å². The van der Waals surface area contributed by atoms with Crippen molar-refractivity contribution in [1.82, 2.24) is 9.55 Å². The quantitative estimate of drug-likeness (QED) is 0.302. The predicted molar refractivity (Wildman–Crippen MR) is 128 cm³/mol. The standard InChI is InChI=1S/C28H18N2/c1-2-8-18(9-3-1)30-26-13-7-5-10-19(26)21-15-14-20-22(28(21)30)16-17-25-27(20)23-11-4-6-12-24(23)29-25/h1-17,29H. The zero-order valence-electron chi connectivity index (χ0n) is 16.3. The van der Waals surface area contributed by atoms with Crippen molar-refractivity contribution in [1.29, 1.82) is 0 Å². The maximum atomic E-state index is 3.58. The number of aromatic amines is 1. The fourth-order valence-corrected chi connectivity index (χ4v) is 5.06. The van der Waals surface area contributed by atoms with Crippen LogP contribution in [0, 0.1) is 0 Å². The molecule has 0 spiro atoms. The summed E-state index contributed by atoms with van der Waals surface area (Å²) in [6, 6.07) is 37.0. The van der Waals surface area contributed by atoms with Crippen molar-refractivity contribution in [2.24, 2.45) is 0 Å². The van der Waals surface area contributed by atoms with Crippen molar-refractivity contribution in [3.05, 3.63) is 103 Å². The number of benzene rings is 5. The summed E-state index contributed by atoms with van der Waals surface area (Å²) < 4.78 is 2.41. The molecular weight excluding hydrogens is 364 g/mol. The van der Waals surface area contributed by atoms with Gasteiger partial charge in [-0.2, -0.15) is 0 Å². The molecule has 0 aliphatic rings. The minimum Gasteiger partial charge on any atom is -0.354 e. The van der Waals surface area contributed by atoms with Crippen molar-refractivity contribution >= 4 is 54.4 Å². The van der Waals surface area contributed by atoms with E-state index in [-0.39, 0.29) is 0 Å². The molecule has 0 amide bonds. The lowest BCUT2D eigenvalue weighted by Gasteiger charge is -2.10. The molecule has 0 saturated heterocycles. The molecule has 0 saturated carbocycles.